The van der Waals surface area contributed by atoms with Crippen molar-refractivity contribution in [2.75, 3.05) is 37.9 Å². The van der Waals surface area contributed by atoms with Gasteiger partial charge in [-0.2, -0.15) is 0 Å². The molecule has 0 bridgehead atoms. The number of nitrogens with zero attached hydrogens (tertiary/aromatic N) is 2. The second-order valence-electron chi connectivity index (χ2n) is 8.08. The minimum Gasteiger partial charge on any atom is -0.497 e. The molecule has 1 unspecified atom stereocenters. The predicted octanol–water partition coefficient (Wildman–Crippen LogP) is 2.80. The molecule has 35 heavy (non-hydrogen) atoms. The highest BCUT2D eigenvalue weighted by molar-refractivity contribution is 7.92. The zero-order chi connectivity index (χ0) is 26.0. The summed E-state index contributed by atoms with van der Waals surface area (Å²) < 4.78 is 36.5. The molecule has 0 heterocycles. The third-order valence-corrected chi connectivity index (χ3v) is 6.72. The molecule has 0 aliphatic heterocycles. The fourth-order valence-electron chi connectivity index (χ4n) is 3.60. The molecule has 192 valence electrons. The van der Waals surface area contributed by atoms with E-state index in [2.05, 4.69) is 5.32 Å². The molecule has 0 radical (unpaired) electrons. The quantitative estimate of drug-likeness (QED) is 0.449. The molecule has 2 rings (SSSR count). The minimum absolute atomic E-state index is 0.0793. The molecule has 0 fully saturated rings. The Labute approximate surface area is 208 Å². The lowest BCUT2D eigenvalue weighted by molar-refractivity contribution is -0.140. The number of nitrogens with one attached hydrogen (secondary N) is 1. The maximum atomic E-state index is 13.2. The largest absolute Gasteiger partial charge is 0.497 e. The van der Waals surface area contributed by atoms with E-state index in [0.29, 0.717) is 23.7 Å². The molecule has 2 aromatic rings. The number of ether oxygens (including phenoxy) is 2. The first kappa shape index (κ1) is 28.0. The highest BCUT2D eigenvalue weighted by Gasteiger charge is 2.26. The van der Waals surface area contributed by atoms with Crippen LogP contribution in [0, 0.1) is 0 Å². The van der Waals surface area contributed by atoms with E-state index in [4.69, 9.17) is 9.47 Å². The molecule has 0 aliphatic carbocycles. The number of likely N-dealkylation sites (N-methyl/N-ethyl adjacent to an activating group) is 1. The molecule has 0 spiro atoms. The van der Waals surface area contributed by atoms with Crippen molar-refractivity contribution in [1.82, 2.24) is 10.2 Å². The zero-order valence-corrected chi connectivity index (χ0v) is 21.8. The standard InChI is InChI=1S/C25H35N3O6S/c1-6-26-25(30)19(2)27(18-20-12-14-22(33-3)15-13-20)24(29)11-8-16-28(35(5,31)32)21-9-7-10-23(17-21)34-4/h7,9-10,12-15,17,19H,6,8,11,16,18H2,1-5H3,(H,26,30). The molecule has 1 N–H and O–H groups in total. The second kappa shape index (κ2) is 13.0. The van der Waals surface area contributed by atoms with Crippen LogP contribution in [-0.2, 0) is 26.2 Å². The van der Waals surface area contributed by atoms with E-state index in [1.54, 1.807) is 50.4 Å². The van der Waals surface area contributed by atoms with Crippen LogP contribution in [0.5, 0.6) is 11.5 Å². The van der Waals surface area contributed by atoms with Crippen molar-refractivity contribution in [1.29, 1.82) is 0 Å². The Hall–Kier alpha value is -3.27. The van der Waals surface area contributed by atoms with Crippen LogP contribution in [0.3, 0.4) is 0 Å². The van der Waals surface area contributed by atoms with Gasteiger partial charge in [0.2, 0.25) is 21.8 Å². The zero-order valence-electron chi connectivity index (χ0n) is 21.0. The Morgan fingerprint density at radius 1 is 1.03 bits per heavy atom. The van der Waals surface area contributed by atoms with Crippen molar-refractivity contribution in [3.63, 3.8) is 0 Å². The van der Waals surface area contributed by atoms with Gasteiger partial charge in [-0.25, -0.2) is 8.42 Å². The maximum absolute atomic E-state index is 13.2. The SMILES string of the molecule is CCNC(=O)C(C)N(Cc1ccc(OC)cc1)C(=O)CCCN(c1cccc(OC)c1)S(C)(=O)=O. The fourth-order valence-corrected chi connectivity index (χ4v) is 4.56. The summed E-state index contributed by atoms with van der Waals surface area (Å²) >= 11 is 0. The lowest BCUT2D eigenvalue weighted by atomic mass is 10.1. The molecule has 0 saturated heterocycles. The summed E-state index contributed by atoms with van der Waals surface area (Å²) in [6.07, 6.45) is 1.49. The van der Waals surface area contributed by atoms with Crippen molar-refractivity contribution in [2.24, 2.45) is 0 Å². The van der Waals surface area contributed by atoms with Gasteiger partial charge in [-0.15, -0.1) is 0 Å². The van der Waals surface area contributed by atoms with Crippen LogP contribution in [0.2, 0.25) is 0 Å². The summed E-state index contributed by atoms with van der Waals surface area (Å²) in [4.78, 5) is 27.3. The highest BCUT2D eigenvalue weighted by atomic mass is 32.2. The molecular formula is C25H35N3O6S. The van der Waals surface area contributed by atoms with E-state index in [1.165, 1.54) is 16.3 Å². The van der Waals surface area contributed by atoms with Crippen LogP contribution in [0.4, 0.5) is 5.69 Å². The number of carbonyl (C=O) groups is 2. The summed E-state index contributed by atoms with van der Waals surface area (Å²) in [7, 11) is -0.490. The van der Waals surface area contributed by atoms with Gasteiger partial charge in [-0.1, -0.05) is 18.2 Å². The minimum atomic E-state index is -3.58. The van der Waals surface area contributed by atoms with Crippen molar-refractivity contribution in [3.05, 3.63) is 54.1 Å². The Morgan fingerprint density at radius 3 is 2.26 bits per heavy atom. The molecule has 1 atom stereocenters. The van der Waals surface area contributed by atoms with Gasteiger partial charge < -0.3 is 19.7 Å². The van der Waals surface area contributed by atoms with Crippen LogP contribution in [-0.4, -0.2) is 64.7 Å². The lowest BCUT2D eigenvalue weighted by Gasteiger charge is -2.29. The molecule has 2 amide bonds. The van der Waals surface area contributed by atoms with E-state index in [1.807, 2.05) is 19.1 Å². The summed E-state index contributed by atoms with van der Waals surface area (Å²) in [6, 6.07) is 13.4. The van der Waals surface area contributed by atoms with Crippen LogP contribution in [0.1, 0.15) is 32.3 Å². The van der Waals surface area contributed by atoms with Gasteiger partial charge in [-0.3, -0.25) is 13.9 Å². The maximum Gasteiger partial charge on any atom is 0.242 e. The Kier molecular flexibility index (Phi) is 10.4. The number of amides is 2. The highest BCUT2D eigenvalue weighted by Crippen LogP contribution is 2.24. The average molecular weight is 506 g/mol. The summed E-state index contributed by atoms with van der Waals surface area (Å²) in [5.74, 6) is 0.748. The van der Waals surface area contributed by atoms with Crippen LogP contribution >= 0.6 is 0 Å². The van der Waals surface area contributed by atoms with Gasteiger partial charge in [0.05, 0.1) is 26.2 Å². The van der Waals surface area contributed by atoms with Crippen molar-refractivity contribution < 1.29 is 27.5 Å². The second-order valence-corrected chi connectivity index (χ2v) is 9.99. The topological polar surface area (TPSA) is 105 Å². The Morgan fingerprint density at radius 2 is 1.69 bits per heavy atom. The first-order chi connectivity index (χ1) is 16.6. The van der Waals surface area contributed by atoms with E-state index in [0.717, 1.165) is 11.8 Å². The molecule has 2 aromatic carbocycles. The monoisotopic (exact) mass is 505 g/mol. The number of carbonyl (C=O) groups excluding carboxylic acids is 2. The van der Waals surface area contributed by atoms with Gasteiger partial charge in [0.1, 0.15) is 17.5 Å². The van der Waals surface area contributed by atoms with Gasteiger partial charge >= 0.3 is 0 Å². The summed E-state index contributed by atoms with van der Waals surface area (Å²) in [5, 5.41) is 2.76. The number of rotatable bonds is 13. The third kappa shape index (κ3) is 8.17. The molecule has 0 aliphatic rings. The predicted molar refractivity (Wildman–Crippen MR) is 136 cm³/mol. The van der Waals surface area contributed by atoms with Crippen LogP contribution < -0.4 is 19.1 Å². The molecule has 0 saturated carbocycles. The number of hydrogen-bond donors (Lipinski definition) is 1. The average Bonchev–Trinajstić information content (AvgIpc) is 2.84. The van der Waals surface area contributed by atoms with Gasteiger partial charge in [0.25, 0.3) is 0 Å². The van der Waals surface area contributed by atoms with Gasteiger partial charge in [0, 0.05) is 32.1 Å². The van der Waals surface area contributed by atoms with E-state index in [9.17, 15) is 18.0 Å². The Bertz CT molecular complexity index is 1090. The first-order valence-electron chi connectivity index (χ1n) is 11.4. The van der Waals surface area contributed by atoms with Gasteiger partial charge in [0.15, 0.2) is 0 Å². The molecular weight excluding hydrogens is 470 g/mol. The van der Waals surface area contributed by atoms with Crippen LogP contribution in [0.25, 0.3) is 0 Å². The molecule has 0 aromatic heterocycles. The van der Waals surface area contributed by atoms with E-state index < -0.39 is 16.1 Å². The van der Waals surface area contributed by atoms with Crippen molar-refractivity contribution in [3.8, 4) is 11.5 Å². The normalized spacial score (nSPS) is 11.9. The third-order valence-electron chi connectivity index (χ3n) is 5.52. The van der Waals surface area contributed by atoms with Crippen LogP contribution in [0.15, 0.2) is 48.5 Å². The smallest absolute Gasteiger partial charge is 0.242 e. The van der Waals surface area contributed by atoms with Crippen molar-refractivity contribution >= 4 is 27.5 Å². The molecule has 10 heteroatoms. The Balaban J connectivity index is 2.16. The summed E-state index contributed by atoms with van der Waals surface area (Å²) in [5.41, 5.74) is 1.31. The van der Waals surface area contributed by atoms with E-state index in [-0.39, 0.29) is 37.7 Å². The number of methoxy groups -OCH3 is 2. The van der Waals surface area contributed by atoms with E-state index >= 15 is 0 Å². The number of benzene rings is 2. The number of sulfonamides is 1. The lowest BCUT2D eigenvalue weighted by Crippen LogP contribution is -2.47. The number of hydrogen-bond acceptors (Lipinski definition) is 6. The fraction of sp³-hybridized carbons (Fsp3) is 0.440. The summed E-state index contributed by atoms with van der Waals surface area (Å²) in [6.45, 7) is 4.32. The van der Waals surface area contributed by atoms with Crippen molar-refractivity contribution in [2.45, 2.75) is 39.3 Å². The number of anilines is 1. The first-order valence-corrected chi connectivity index (χ1v) is 13.3. The van der Waals surface area contributed by atoms with Gasteiger partial charge in [-0.05, 0) is 50.1 Å². The molecule has 9 nitrogen and oxygen atoms in total.